The fourth-order valence-corrected chi connectivity index (χ4v) is 3.24. The number of rotatable bonds is 2. The highest BCUT2D eigenvalue weighted by molar-refractivity contribution is 9.10. The molecule has 2 aliphatic heterocycles. The molecular weight excluding hydrogens is 327 g/mol. The molecule has 6 heteroatoms. The third kappa shape index (κ3) is 2.67. The zero-order valence-corrected chi connectivity index (χ0v) is 12.7. The fraction of sp³-hybridized carbons (Fsp3) is 0.500. The van der Waals surface area contributed by atoms with Gasteiger partial charge in [0.05, 0.1) is 22.7 Å². The monoisotopic (exact) mass is 342 g/mol. The lowest BCUT2D eigenvalue weighted by Crippen LogP contribution is -2.43. The predicted molar refractivity (Wildman–Crippen MR) is 77.3 cm³/mol. The highest BCUT2D eigenvalue weighted by Gasteiger charge is 2.41. The fourth-order valence-electron chi connectivity index (χ4n) is 2.90. The van der Waals surface area contributed by atoms with Crippen LogP contribution in [0.1, 0.15) is 24.8 Å². The van der Waals surface area contributed by atoms with Gasteiger partial charge in [-0.05, 0) is 59.8 Å². The van der Waals surface area contributed by atoms with Crippen LogP contribution in [0.4, 0.5) is 14.9 Å². The molecule has 0 radical (unpaired) electrons. The van der Waals surface area contributed by atoms with Crippen molar-refractivity contribution >= 4 is 27.6 Å². The molecule has 1 aromatic rings. The van der Waals surface area contributed by atoms with Gasteiger partial charge in [-0.25, -0.2) is 9.18 Å². The van der Waals surface area contributed by atoms with E-state index in [-0.39, 0.29) is 24.0 Å². The number of ether oxygens (including phenoxy) is 1. The molecule has 0 spiro atoms. The molecule has 3 atom stereocenters. The van der Waals surface area contributed by atoms with E-state index in [2.05, 4.69) is 26.6 Å². The second kappa shape index (κ2) is 5.33. The summed E-state index contributed by atoms with van der Waals surface area (Å²) in [4.78, 5) is 12.0. The van der Waals surface area contributed by atoms with E-state index < -0.39 is 0 Å². The minimum Gasteiger partial charge on any atom is -0.373 e. The maximum atomic E-state index is 13.3. The maximum absolute atomic E-state index is 13.3. The minimum atomic E-state index is -0.338. The number of hydrogen-bond acceptors (Lipinski definition) is 2. The van der Waals surface area contributed by atoms with Gasteiger partial charge in [-0.2, -0.15) is 0 Å². The van der Waals surface area contributed by atoms with Gasteiger partial charge in [-0.1, -0.05) is 0 Å². The van der Waals surface area contributed by atoms with Gasteiger partial charge < -0.3 is 15.4 Å². The normalized spacial score (nSPS) is 27.6. The van der Waals surface area contributed by atoms with Gasteiger partial charge in [-0.15, -0.1) is 0 Å². The van der Waals surface area contributed by atoms with Crippen LogP contribution in [0, 0.1) is 12.7 Å². The highest BCUT2D eigenvalue weighted by Crippen LogP contribution is 2.34. The molecule has 2 bridgehead atoms. The molecule has 3 rings (SSSR count). The van der Waals surface area contributed by atoms with Crippen molar-refractivity contribution in [1.82, 2.24) is 5.32 Å². The molecule has 0 aromatic heterocycles. The average Bonchev–Trinajstić information content (AvgIpc) is 2.98. The quantitative estimate of drug-likeness (QED) is 0.865. The first-order valence-electron chi connectivity index (χ1n) is 6.71. The van der Waals surface area contributed by atoms with E-state index in [0.29, 0.717) is 21.8 Å². The lowest BCUT2D eigenvalue weighted by atomic mass is 9.96. The number of carbonyl (C=O) groups is 1. The topological polar surface area (TPSA) is 50.4 Å². The van der Waals surface area contributed by atoms with Gasteiger partial charge in [-0.3, -0.25) is 0 Å². The van der Waals surface area contributed by atoms with Crippen LogP contribution in [0.25, 0.3) is 0 Å². The summed E-state index contributed by atoms with van der Waals surface area (Å²) in [6.07, 6.45) is 3.42. The number of amides is 2. The summed E-state index contributed by atoms with van der Waals surface area (Å²) in [7, 11) is 0. The van der Waals surface area contributed by atoms with E-state index in [1.54, 1.807) is 13.0 Å². The molecule has 2 fully saturated rings. The predicted octanol–water partition coefficient (Wildman–Crippen LogP) is 3.34. The van der Waals surface area contributed by atoms with Gasteiger partial charge >= 0.3 is 6.03 Å². The summed E-state index contributed by atoms with van der Waals surface area (Å²) in [5.74, 6) is -0.338. The molecule has 3 unspecified atom stereocenters. The molecule has 1 aromatic carbocycles. The Bertz CT molecular complexity index is 552. The van der Waals surface area contributed by atoms with Crippen LogP contribution in [0.5, 0.6) is 0 Å². The number of hydrogen-bond donors (Lipinski definition) is 2. The van der Waals surface area contributed by atoms with Crippen molar-refractivity contribution in [3.63, 3.8) is 0 Å². The standard InChI is InChI=1S/C14H16BrFN2O2/c1-7-4-10(16)9(15)6-11(7)17-14(19)18-12-5-8-2-3-13(12)20-8/h4,6,8,12-13H,2-3,5H2,1H3,(H2,17,18,19). The lowest BCUT2D eigenvalue weighted by Gasteiger charge is -2.20. The van der Waals surface area contributed by atoms with E-state index in [0.717, 1.165) is 19.3 Å². The molecule has 2 heterocycles. The largest absolute Gasteiger partial charge is 0.373 e. The first kappa shape index (κ1) is 13.8. The van der Waals surface area contributed by atoms with Crippen molar-refractivity contribution < 1.29 is 13.9 Å². The molecule has 2 aliphatic rings. The zero-order valence-electron chi connectivity index (χ0n) is 11.1. The Kier molecular flexibility index (Phi) is 3.69. The van der Waals surface area contributed by atoms with Crippen LogP contribution in [-0.2, 0) is 4.74 Å². The van der Waals surface area contributed by atoms with Crippen molar-refractivity contribution in [1.29, 1.82) is 0 Å². The van der Waals surface area contributed by atoms with Gasteiger partial charge in [0.15, 0.2) is 0 Å². The summed E-state index contributed by atoms with van der Waals surface area (Å²) < 4.78 is 19.4. The van der Waals surface area contributed by atoms with E-state index in [1.165, 1.54) is 6.07 Å². The molecular formula is C14H16BrFN2O2. The molecule has 4 nitrogen and oxygen atoms in total. The van der Waals surface area contributed by atoms with Gasteiger partial charge in [0, 0.05) is 5.69 Å². The summed E-state index contributed by atoms with van der Waals surface area (Å²) in [6, 6.07) is 2.77. The number of benzene rings is 1. The summed E-state index contributed by atoms with van der Waals surface area (Å²) in [5, 5.41) is 5.70. The van der Waals surface area contributed by atoms with E-state index in [1.807, 2.05) is 0 Å². The number of nitrogens with one attached hydrogen (secondary N) is 2. The van der Waals surface area contributed by atoms with Crippen molar-refractivity contribution in [2.75, 3.05) is 5.32 Å². The van der Waals surface area contributed by atoms with Gasteiger partial charge in [0.1, 0.15) is 5.82 Å². The van der Waals surface area contributed by atoms with Crippen LogP contribution < -0.4 is 10.6 Å². The first-order valence-corrected chi connectivity index (χ1v) is 7.51. The third-order valence-corrected chi connectivity index (χ3v) is 4.55. The molecule has 2 saturated heterocycles. The molecule has 20 heavy (non-hydrogen) atoms. The SMILES string of the molecule is Cc1cc(F)c(Br)cc1NC(=O)NC1CC2CCC1O2. The van der Waals surface area contributed by atoms with E-state index in [9.17, 15) is 9.18 Å². The van der Waals surface area contributed by atoms with Crippen LogP contribution >= 0.6 is 15.9 Å². The van der Waals surface area contributed by atoms with Crippen molar-refractivity contribution in [2.45, 2.75) is 44.4 Å². The van der Waals surface area contributed by atoms with Gasteiger partial charge in [0.2, 0.25) is 0 Å². The highest BCUT2D eigenvalue weighted by atomic mass is 79.9. The molecule has 0 saturated carbocycles. The Labute approximate surface area is 125 Å². The van der Waals surface area contributed by atoms with Crippen molar-refractivity contribution in [3.8, 4) is 0 Å². The molecule has 108 valence electrons. The number of carbonyl (C=O) groups excluding carboxylic acids is 1. The molecule has 2 amide bonds. The Morgan fingerprint density at radius 3 is 2.90 bits per heavy atom. The van der Waals surface area contributed by atoms with Crippen LogP contribution in [0.2, 0.25) is 0 Å². The molecule has 2 N–H and O–H groups in total. The number of anilines is 1. The Balaban J connectivity index is 1.63. The smallest absolute Gasteiger partial charge is 0.319 e. The first-order chi connectivity index (χ1) is 9.52. The summed E-state index contributed by atoms with van der Waals surface area (Å²) in [6.45, 7) is 1.76. The average molecular weight is 343 g/mol. The number of aryl methyl sites for hydroxylation is 1. The Morgan fingerprint density at radius 2 is 2.25 bits per heavy atom. The summed E-state index contributed by atoms with van der Waals surface area (Å²) in [5.41, 5.74) is 1.28. The lowest BCUT2D eigenvalue weighted by molar-refractivity contribution is 0.0984. The number of halogens is 2. The van der Waals surface area contributed by atoms with E-state index >= 15 is 0 Å². The Hall–Kier alpha value is -1.14. The maximum Gasteiger partial charge on any atom is 0.319 e. The molecule has 0 aliphatic carbocycles. The summed E-state index contributed by atoms with van der Waals surface area (Å²) >= 11 is 3.12. The third-order valence-electron chi connectivity index (χ3n) is 3.94. The van der Waals surface area contributed by atoms with Crippen molar-refractivity contribution in [2.24, 2.45) is 0 Å². The van der Waals surface area contributed by atoms with Crippen LogP contribution in [-0.4, -0.2) is 24.3 Å². The number of urea groups is 1. The van der Waals surface area contributed by atoms with E-state index in [4.69, 9.17) is 4.74 Å². The second-order valence-electron chi connectivity index (χ2n) is 5.40. The Morgan fingerprint density at radius 1 is 1.45 bits per heavy atom. The van der Waals surface area contributed by atoms with Gasteiger partial charge in [0.25, 0.3) is 0 Å². The van der Waals surface area contributed by atoms with Crippen molar-refractivity contribution in [3.05, 3.63) is 28.0 Å². The van der Waals surface area contributed by atoms with Crippen LogP contribution in [0.15, 0.2) is 16.6 Å². The minimum absolute atomic E-state index is 0.0814. The second-order valence-corrected chi connectivity index (χ2v) is 6.25. The number of fused-ring (bicyclic) bond motifs is 2. The van der Waals surface area contributed by atoms with Crippen LogP contribution in [0.3, 0.4) is 0 Å². The zero-order chi connectivity index (χ0) is 14.3.